The molecule has 1 aliphatic rings. The highest BCUT2D eigenvalue weighted by molar-refractivity contribution is 5.94. The van der Waals surface area contributed by atoms with Gasteiger partial charge in [0.25, 0.3) is 0 Å². The largest absolute Gasteiger partial charge is 0.493 e. The molecule has 0 heterocycles. The third-order valence-corrected chi connectivity index (χ3v) is 5.61. The number of ether oxygens (including phenoxy) is 2. The highest BCUT2D eigenvalue weighted by atomic mass is 16.5. The SMILES string of the molecule is COc1ccc(CCN(C)[C@H](C)C(=O)Nc2ccc3c(c2)CCC3)cc1OC. The third kappa shape index (κ3) is 4.65. The number of methoxy groups -OCH3 is 2. The fourth-order valence-electron chi connectivity index (χ4n) is 3.63. The van der Waals surface area contributed by atoms with E-state index in [2.05, 4.69) is 22.3 Å². The number of fused-ring (bicyclic) bond motifs is 1. The van der Waals surface area contributed by atoms with Crippen molar-refractivity contribution >= 4 is 11.6 Å². The summed E-state index contributed by atoms with van der Waals surface area (Å²) in [4.78, 5) is 14.7. The maximum Gasteiger partial charge on any atom is 0.241 e. The van der Waals surface area contributed by atoms with Crippen LogP contribution in [0.4, 0.5) is 5.69 Å². The summed E-state index contributed by atoms with van der Waals surface area (Å²) in [7, 11) is 5.25. The molecule has 0 aromatic heterocycles. The van der Waals surface area contributed by atoms with Gasteiger partial charge in [0.15, 0.2) is 11.5 Å². The second-order valence-electron chi connectivity index (χ2n) is 7.42. The third-order valence-electron chi connectivity index (χ3n) is 5.61. The van der Waals surface area contributed by atoms with E-state index >= 15 is 0 Å². The van der Waals surface area contributed by atoms with Gasteiger partial charge in [0.2, 0.25) is 5.91 Å². The fourth-order valence-corrected chi connectivity index (χ4v) is 3.63. The van der Waals surface area contributed by atoms with Crippen molar-refractivity contribution in [3.05, 3.63) is 53.1 Å². The first-order valence-electron chi connectivity index (χ1n) is 9.85. The predicted octanol–water partition coefficient (Wildman–Crippen LogP) is 3.69. The molecule has 1 aliphatic carbocycles. The molecule has 0 fully saturated rings. The molecule has 0 aliphatic heterocycles. The molecule has 2 aromatic rings. The molecule has 0 unspecified atom stereocenters. The molecule has 0 spiro atoms. The molecule has 1 amide bonds. The Kier molecular flexibility index (Phi) is 6.57. The molecule has 1 N–H and O–H groups in total. The number of carbonyl (C=O) groups excluding carboxylic acids is 1. The number of nitrogens with zero attached hydrogens (tertiary/aromatic N) is 1. The Morgan fingerprint density at radius 1 is 1.07 bits per heavy atom. The Morgan fingerprint density at radius 3 is 2.57 bits per heavy atom. The average Bonchev–Trinajstić information content (AvgIpc) is 3.18. The lowest BCUT2D eigenvalue weighted by molar-refractivity contribution is -0.120. The molecular formula is C23H30N2O3. The monoisotopic (exact) mass is 382 g/mol. The van der Waals surface area contributed by atoms with Crippen LogP contribution in [0, 0.1) is 0 Å². The number of hydrogen-bond donors (Lipinski definition) is 1. The number of aryl methyl sites for hydroxylation is 2. The molecule has 2 aromatic carbocycles. The maximum atomic E-state index is 12.7. The number of carbonyl (C=O) groups is 1. The molecule has 0 saturated carbocycles. The molecule has 3 rings (SSSR count). The van der Waals surface area contributed by atoms with Gasteiger partial charge in [0, 0.05) is 12.2 Å². The summed E-state index contributed by atoms with van der Waals surface area (Å²) in [5.41, 5.74) is 4.83. The Hall–Kier alpha value is -2.53. The van der Waals surface area contributed by atoms with Crippen molar-refractivity contribution in [3.8, 4) is 11.5 Å². The number of benzene rings is 2. The average molecular weight is 383 g/mol. The Balaban J connectivity index is 1.55. The second-order valence-corrected chi connectivity index (χ2v) is 7.42. The van der Waals surface area contributed by atoms with Gasteiger partial charge in [-0.15, -0.1) is 0 Å². The summed E-state index contributed by atoms with van der Waals surface area (Å²) in [6.45, 7) is 2.71. The minimum atomic E-state index is -0.214. The Labute approximate surface area is 167 Å². The summed E-state index contributed by atoms with van der Waals surface area (Å²) < 4.78 is 10.6. The van der Waals surface area contributed by atoms with Gasteiger partial charge < -0.3 is 14.8 Å². The van der Waals surface area contributed by atoms with Gasteiger partial charge in [-0.3, -0.25) is 9.69 Å². The zero-order chi connectivity index (χ0) is 20.1. The van der Waals surface area contributed by atoms with E-state index in [0.717, 1.165) is 48.6 Å². The summed E-state index contributed by atoms with van der Waals surface area (Å²) in [6.07, 6.45) is 4.30. The van der Waals surface area contributed by atoms with E-state index in [1.165, 1.54) is 17.5 Å². The van der Waals surface area contributed by atoms with Crippen molar-refractivity contribution in [2.45, 2.75) is 38.6 Å². The number of anilines is 1. The Morgan fingerprint density at radius 2 is 1.82 bits per heavy atom. The molecule has 0 bridgehead atoms. The van der Waals surface area contributed by atoms with Crippen molar-refractivity contribution in [2.75, 3.05) is 33.1 Å². The molecule has 150 valence electrons. The van der Waals surface area contributed by atoms with E-state index in [0.29, 0.717) is 0 Å². The molecule has 5 heteroatoms. The van der Waals surface area contributed by atoms with Crippen LogP contribution in [0.1, 0.15) is 30.0 Å². The van der Waals surface area contributed by atoms with Gasteiger partial charge in [0.1, 0.15) is 0 Å². The second kappa shape index (κ2) is 9.11. The predicted molar refractivity (Wildman–Crippen MR) is 112 cm³/mol. The van der Waals surface area contributed by atoms with Crippen LogP contribution in [0.15, 0.2) is 36.4 Å². The minimum Gasteiger partial charge on any atom is -0.493 e. The van der Waals surface area contributed by atoms with Crippen LogP contribution in [-0.4, -0.2) is 44.7 Å². The molecule has 5 nitrogen and oxygen atoms in total. The van der Waals surface area contributed by atoms with Crippen LogP contribution in [0.25, 0.3) is 0 Å². The van der Waals surface area contributed by atoms with E-state index < -0.39 is 0 Å². The normalized spacial score (nSPS) is 13.9. The number of amides is 1. The fraction of sp³-hybridized carbons (Fsp3) is 0.435. The highest BCUT2D eigenvalue weighted by Crippen LogP contribution is 2.28. The van der Waals surface area contributed by atoms with Crippen LogP contribution in [-0.2, 0) is 24.1 Å². The van der Waals surface area contributed by atoms with Gasteiger partial charge in [-0.05, 0) is 80.6 Å². The quantitative estimate of drug-likeness (QED) is 0.756. The zero-order valence-corrected chi connectivity index (χ0v) is 17.2. The number of rotatable bonds is 8. The van der Waals surface area contributed by atoms with Crippen LogP contribution < -0.4 is 14.8 Å². The van der Waals surface area contributed by atoms with Gasteiger partial charge in [0.05, 0.1) is 20.3 Å². The van der Waals surface area contributed by atoms with Gasteiger partial charge in [-0.25, -0.2) is 0 Å². The first-order valence-corrected chi connectivity index (χ1v) is 9.85. The van der Waals surface area contributed by atoms with E-state index in [1.54, 1.807) is 14.2 Å². The van der Waals surface area contributed by atoms with Crippen LogP contribution in [0.2, 0.25) is 0 Å². The number of hydrogen-bond acceptors (Lipinski definition) is 4. The maximum absolute atomic E-state index is 12.7. The standard InChI is InChI=1S/C23H30N2O3/c1-16(23(26)24-20-10-9-18-6-5-7-19(18)15-20)25(2)13-12-17-8-11-21(27-3)22(14-17)28-4/h8-11,14-16H,5-7,12-13H2,1-4H3,(H,24,26)/t16-/m1/s1. The van der Waals surface area contributed by atoms with Crippen molar-refractivity contribution in [3.63, 3.8) is 0 Å². The van der Waals surface area contributed by atoms with E-state index in [4.69, 9.17) is 9.47 Å². The highest BCUT2D eigenvalue weighted by Gasteiger charge is 2.19. The van der Waals surface area contributed by atoms with Crippen LogP contribution in [0.5, 0.6) is 11.5 Å². The zero-order valence-electron chi connectivity index (χ0n) is 17.2. The first kappa shape index (κ1) is 20.2. The first-order chi connectivity index (χ1) is 13.5. The van der Waals surface area contributed by atoms with E-state index in [1.807, 2.05) is 38.2 Å². The topological polar surface area (TPSA) is 50.8 Å². The lowest BCUT2D eigenvalue weighted by Gasteiger charge is -2.24. The smallest absolute Gasteiger partial charge is 0.241 e. The van der Waals surface area contributed by atoms with Gasteiger partial charge >= 0.3 is 0 Å². The van der Waals surface area contributed by atoms with Crippen molar-refractivity contribution in [1.82, 2.24) is 4.90 Å². The molecule has 28 heavy (non-hydrogen) atoms. The Bertz CT molecular complexity index is 835. The lowest BCUT2D eigenvalue weighted by Crippen LogP contribution is -2.40. The van der Waals surface area contributed by atoms with Crippen molar-refractivity contribution < 1.29 is 14.3 Å². The van der Waals surface area contributed by atoms with Gasteiger partial charge in [-0.2, -0.15) is 0 Å². The minimum absolute atomic E-state index is 0.0211. The summed E-state index contributed by atoms with van der Waals surface area (Å²) in [5, 5.41) is 3.07. The van der Waals surface area contributed by atoms with Gasteiger partial charge in [-0.1, -0.05) is 12.1 Å². The van der Waals surface area contributed by atoms with E-state index in [-0.39, 0.29) is 11.9 Å². The molecule has 1 atom stereocenters. The summed E-state index contributed by atoms with van der Waals surface area (Å²) in [6, 6.07) is 12.0. The van der Waals surface area contributed by atoms with Crippen molar-refractivity contribution in [2.24, 2.45) is 0 Å². The molecule has 0 radical (unpaired) electrons. The summed E-state index contributed by atoms with van der Waals surface area (Å²) in [5.74, 6) is 1.47. The number of nitrogens with one attached hydrogen (secondary N) is 1. The van der Waals surface area contributed by atoms with Crippen molar-refractivity contribution in [1.29, 1.82) is 0 Å². The molecule has 0 saturated heterocycles. The van der Waals surface area contributed by atoms with Crippen LogP contribution >= 0.6 is 0 Å². The summed E-state index contributed by atoms with van der Waals surface area (Å²) >= 11 is 0. The number of likely N-dealkylation sites (N-methyl/N-ethyl adjacent to an activating group) is 1. The molecular weight excluding hydrogens is 352 g/mol. The van der Waals surface area contributed by atoms with Crippen LogP contribution in [0.3, 0.4) is 0 Å². The van der Waals surface area contributed by atoms with E-state index in [9.17, 15) is 4.79 Å². The lowest BCUT2D eigenvalue weighted by atomic mass is 10.1.